The summed E-state index contributed by atoms with van der Waals surface area (Å²) in [6.07, 6.45) is 4.62. The SMILES string of the molecule is CC(C)N1CCCCC1Cc1nc(C(=O)O)cs1. The molecule has 1 aromatic rings. The van der Waals surface area contributed by atoms with Gasteiger partial charge in [0.15, 0.2) is 5.69 Å². The number of carboxylic acids is 1. The summed E-state index contributed by atoms with van der Waals surface area (Å²) in [6, 6.07) is 1.07. The van der Waals surface area contributed by atoms with Crippen molar-refractivity contribution in [2.45, 2.75) is 51.6 Å². The van der Waals surface area contributed by atoms with Gasteiger partial charge in [-0.15, -0.1) is 11.3 Å². The van der Waals surface area contributed by atoms with Crippen LogP contribution in [0.3, 0.4) is 0 Å². The molecule has 1 aliphatic heterocycles. The van der Waals surface area contributed by atoms with E-state index in [-0.39, 0.29) is 5.69 Å². The molecule has 1 N–H and O–H groups in total. The maximum Gasteiger partial charge on any atom is 0.355 e. The first-order valence-corrected chi connectivity index (χ1v) is 7.39. The Labute approximate surface area is 112 Å². The van der Waals surface area contributed by atoms with Crippen molar-refractivity contribution in [3.8, 4) is 0 Å². The highest BCUT2D eigenvalue weighted by molar-refractivity contribution is 7.09. The fraction of sp³-hybridized carbons (Fsp3) is 0.692. The lowest BCUT2D eigenvalue weighted by atomic mass is 9.98. The van der Waals surface area contributed by atoms with Crippen LogP contribution in [0.15, 0.2) is 5.38 Å². The second kappa shape index (κ2) is 5.80. The van der Waals surface area contributed by atoms with Gasteiger partial charge in [0.05, 0.1) is 5.01 Å². The van der Waals surface area contributed by atoms with Crippen LogP contribution in [0.5, 0.6) is 0 Å². The number of aromatic carboxylic acids is 1. The van der Waals surface area contributed by atoms with Crippen molar-refractivity contribution in [3.05, 3.63) is 16.1 Å². The number of piperidine rings is 1. The number of carboxylic acid groups (broad SMARTS) is 1. The quantitative estimate of drug-likeness (QED) is 0.912. The van der Waals surface area contributed by atoms with E-state index in [1.165, 1.54) is 30.6 Å². The molecule has 1 unspecified atom stereocenters. The van der Waals surface area contributed by atoms with Gasteiger partial charge in [0.25, 0.3) is 0 Å². The predicted molar refractivity (Wildman–Crippen MR) is 72.3 cm³/mol. The number of hydrogen-bond acceptors (Lipinski definition) is 4. The predicted octanol–water partition coefficient (Wildman–Crippen LogP) is 2.65. The third kappa shape index (κ3) is 3.09. The third-order valence-corrected chi connectivity index (χ3v) is 4.39. The van der Waals surface area contributed by atoms with Crippen molar-refractivity contribution >= 4 is 17.3 Å². The molecule has 0 radical (unpaired) electrons. The molecule has 0 amide bonds. The van der Waals surface area contributed by atoms with E-state index < -0.39 is 5.97 Å². The molecule has 4 nitrogen and oxygen atoms in total. The first-order valence-electron chi connectivity index (χ1n) is 6.51. The highest BCUT2D eigenvalue weighted by atomic mass is 32.1. The summed E-state index contributed by atoms with van der Waals surface area (Å²) in [6.45, 7) is 5.60. The van der Waals surface area contributed by atoms with Crippen molar-refractivity contribution < 1.29 is 9.90 Å². The Hall–Kier alpha value is -0.940. The summed E-state index contributed by atoms with van der Waals surface area (Å²) in [7, 11) is 0. The van der Waals surface area contributed by atoms with E-state index in [9.17, 15) is 4.79 Å². The van der Waals surface area contributed by atoms with Gasteiger partial charge in [-0.2, -0.15) is 0 Å². The second-order valence-corrected chi connectivity index (χ2v) is 6.06. The van der Waals surface area contributed by atoms with Gasteiger partial charge in [-0.3, -0.25) is 4.90 Å². The molecule has 0 aliphatic carbocycles. The number of rotatable bonds is 4. The highest BCUT2D eigenvalue weighted by Gasteiger charge is 2.25. The van der Waals surface area contributed by atoms with Crippen LogP contribution in [-0.2, 0) is 6.42 Å². The number of nitrogens with zero attached hydrogens (tertiary/aromatic N) is 2. The molecule has 18 heavy (non-hydrogen) atoms. The van der Waals surface area contributed by atoms with E-state index in [1.54, 1.807) is 5.38 Å². The Kier molecular flexibility index (Phi) is 4.35. The summed E-state index contributed by atoms with van der Waals surface area (Å²) in [4.78, 5) is 17.5. The molecule has 5 heteroatoms. The molecule has 2 heterocycles. The van der Waals surface area contributed by atoms with E-state index in [1.807, 2.05) is 0 Å². The number of carbonyl (C=O) groups is 1. The van der Waals surface area contributed by atoms with Crippen molar-refractivity contribution in [2.75, 3.05) is 6.54 Å². The van der Waals surface area contributed by atoms with Gasteiger partial charge < -0.3 is 5.11 Å². The maximum atomic E-state index is 10.8. The monoisotopic (exact) mass is 268 g/mol. The van der Waals surface area contributed by atoms with Crippen molar-refractivity contribution in [1.29, 1.82) is 0 Å². The second-order valence-electron chi connectivity index (χ2n) is 5.12. The van der Waals surface area contributed by atoms with Crippen LogP contribution < -0.4 is 0 Å². The van der Waals surface area contributed by atoms with Gasteiger partial charge in [-0.25, -0.2) is 9.78 Å². The number of aromatic nitrogens is 1. The Morgan fingerprint density at radius 2 is 2.39 bits per heavy atom. The number of thiazole rings is 1. The summed E-state index contributed by atoms with van der Waals surface area (Å²) in [5, 5.41) is 11.5. The molecule has 1 atom stereocenters. The molecule has 1 aromatic heterocycles. The van der Waals surface area contributed by atoms with E-state index >= 15 is 0 Å². The van der Waals surface area contributed by atoms with Gasteiger partial charge in [-0.05, 0) is 33.2 Å². The van der Waals surface area contributed by atoms with Crippen LogP contribution >= 0.6 is 11.3 Å². The summed E-state index contributed by atoms with van der Waals surface area (Å²) >= 11 is 1.47. The minimum absolute atomic E-state index is 0.182. The molecule has 100 valence electrons. The normalized spacial score (nSPS) is 21.4. The molecule has 0 spiro atoms. The van der Waals surface area contributed by atoms with Crippen LogP contribution in [0.1, 0.15) is 48.6 Å². The van der Waals surface area contributed by atoms with Crippen molar-refractivity contribution in [3.63, 3.8) is 0 Å². The number of hydrogen-bond donors (Lipinski definition) is 1. The van der Waals surface area contributed by atoms with Gasteiger partial charge in [0.2, 0.25) is 0 Å². The minimum Gasteiger partial charge on any atom is -0.476 e. The first-order chi connectivity index (χ1) is 8.58. The Bertz CT molecular complexity index is 417. The van der Waals surface area contributed by atoms with Gasteiger partial charge in [0, 0.05) is 23.9 Å². The molecule has 2 rings (SSSR count). The molecule has 0 saturated carbocycles. The average molecular weight is 268 g/mol. The lowest BCUT2D eigenvalue weighted by molar-refractivity contribution is 0.0690. The van der Waals surface area contributed by atoms with Crippen LogP contribution in [-0.4, -0.2) is 39.6 Å². The Morgan fingerprint density at radius 1 is 1.61 bits per heavy atom. The van der Waals surface area contributed by atoms with Gasteiger partial charge in [-0.1, -0.05) is 6.42 Å². The topological polar surface area (TPSA) is 53.4 Å². The minimum atomic E-state index is -0.929. The molecule has 1 fully saturated rings. The standard InChI is InChI=1S/C13H20N2O2S/c1-9(2)15-6-4-3-5-10(15)7-12-14-11(8-18-12)13(16)17/h8-10H,3-7H2,1-2H3,(H,16,17). The number of likely N-dealkylation sites (tertiary alicyclic amines) is 1. The zero-order valence-electron chi connectivity index (χ0n) is 10.9. The summed E-state index contributed by atoms with van der Waals surface area (Å²) in [5.41, 5.74) is 0.182. The maximum absolute atomic E-state index is 10.8. The molecule has 1 saturated heterocycles. The van der Waals surface area contributed by atoms with E-state index in [0.29, 0.717) is 12.1 Å². The smallest absolute Gasteiger partial charge is 0.355 e. The van der Waals surface area contributed by atoms with Gasteiger partial charge >= 0.3 is 5.97 Å². The average Bonchev–Trinajstić information content (AvgIpc) is 2.78. The Balaban J connectivity index is 2.03. The van der Waals surface area contributed by atoms with Crippen molar-refractivity contribution in [2.24, 2.45) is 0 Å². The summed E-state index contributed by atoms with van der Waals surface area (Å²) < 4.78 is 0. The zero-order valence-corrected chi connectivity index (χ0v) is 11.7. The van der Waals surface area contributed by atoms with Crippen LogP contribution in [0.25, 0.3) is 0 Å². The fourth-order valence-corrected chi connectivity index (χ4v) is 3.47. The zero-order chi connectivity index (χ0) is 13.1. The summed E-state index contributed by atoms with van der Waals surface area (Å²) in [5.74, 6) is -0.929. The van der Waals surface area contributed by atoms with Crippen LogP contribution in [0.4, 0.5) is 0 Å². The molecule has 0 aromatic carbocycles. The van der Waals surface area contributed by atoms with Crippen LogP contribution in [0, 0.1) is 0 Å². The van der Waals surface area contributed by atoms with E-state index in [4.69, 9.17) is 5.11 Å². The van der Waals surface area contributed by atoms with E-state index in [2.05, 4.69) is 23.7 Å². The Morgan fingerprint density at radius 3 is 3.00 bits per heavy atom. The molecule has 0 bridgehead atoms. The van der Waals surface area contributed by atoms with Crippen molar-refractivity contribution in [1.82, 2.24) is 9.88 Å². The fourth-order valence-electron chi connectivity index (χ4n) is 2.63. The lowest BCUT2D eigenvalue weighted by Gasteiger charge is -2.38. The molecular weight excluding hydrogens is 248 g/mol. The lowest BCUT2D eigenvalue weighted by Crippen LogP contribution is -2.44. The third-order valence-electron chi connectivity index (χ3n) is 3.52. The van der Waals surface area contributed by atoms with Gasteiger partial charge in [0.1, 0.15) is 0 Å². The van der Waals surface area contributed by atoms with E-state index in [0.717, 1.165) is 18.0 Å². The molecular formula is C13H20N2O2S. The largest absolute Gasteiger partial charge is 0.476 e. The highest BCUT2D eigenvalue weighted by Crippen LogP contribution is 2.24. The van der Waals surface area contributed by atoms with Crippen LogP contribution in [0.2, 0.25) is 0 Å². The first kappa shape index (κ1) is 13.5. The molecule has 1 aliphatic rings.